The van der Waals surface area contributed by atoms with Crippen molar-refractivity contribution < 1.29 is 9.21 Å². The molecule has 0 aliphatic carbocycles. The number of aryl methyl sites for hydroxylation is 1. The van der Waals surface area contributed by atoms with Crippen LogP contribution in [0.4, 0.5) is 0 Å². The Hall–Kier alpha value is -3.14. The number of aromatic nitrogens is 1. The molecule has 3 aromatic rings. The molecule has 1 N–H and O–H groups in total. The summed E-state index contributed by atoms with van der Waals surface area (Å²) in [6.07, 6.45) is 5.38. The van der Waals surface area contributed by atoms with E-state index in [0.29, 0.717) is 12.3 Å². The number of oxazole rings is 1. The Labute approximate surface area is 160 Å². The molecule has 1 unspecified atom stereocenters. The Balaban J connectivity index is 1.80. The average Bonchev–Trinajstić information content (AvgIpc) is 3.16. The molecule has 0 aliphatic heterocycles. The highest BCUT2D eigenvalue weighted by atomic mass is 16.4. The third-order valence-corrected chi connectivity index (χ3v) is 4.36. The van der Waals surface area contributed by atoms with Gasteiger partial charge in [0.2, 0.25) is 5.91 Å². The van der Waals surface area contributed by atoms with Gasteiger partial charge in [0.1, 0.15) is 5.69 Å². The predicted molar refractivity (Wildman–Crippen MR) is 108 cm³/mol. The molecule has 1 atom stereocenters. The van der Waals surface area contributed by atoms with Crippen LogP contribution in [0.15, 0.2) is 77.2 Å². The zero-order valence-electron chi connectivity index (χ0n) is 15.7. The average molecular weight is 360 g/mol. The molecule has 1 heterocycles. The van der Waals surface area contributed by atoms with Crippen LogP contribution in [-0.4, -0.2) is 17.9 Å². The zero-order valence-corrected chi connectivity index (χ0v) is 15.7. The van der Waals surface area contributed by atoms with E-state index in [2.05, 4.69) is 5.32 Å². The van der Waals surface area contributed by atoms with Gasteiger partial charge in [0.05, 0.1) is 5.92 Å². The fraction of sp³-hybridized carbons (Fsp3) is 0.217. The fourth-order valence-corrected chi connectivity index (χ4v) is 2.87. The number of amides is 1. The molecule has 0 saturated carbocycles. The summed E-state index contributed by atoms with van der Waals surface area (Å²) >= 11 is 0. The quantitative estimate of drug-likeness (QED) is 0.611. The number of nitrogens with zero attached hydrogens (tertiary/aromatic N) is 1. The number of allylic oxidation sites excluding steroid dienone is 1. The molecule has 2 aromatic carbocycles. The lowest BCUT2D eigenvalue weighted by Crippen LogP contribution is -2.23. The zero-order chi connectivity index (χ0) is 19.1. The maximum atomic E-state index is 11.5. The summed E-state index contributed by atoms with van der Waals surface area (Å²) in [6.45, 7) is 1.88. The van der Waals surface area contributed by atoms with Gasteiger partial charge in [-0.05, 0) is 6.42 Å². The molecule has 0 fully saturated rings. The Bertz CT molecular complexity index is 842. The lowest BCUT2D eigenvalue weighted by molar-refractivity contribution is -0.122. The number of carbonyl (C=O) groups excluding carboxylic acids is 1. The molecule has 138 valence electrons. The van der Waals surface area contributed by atoms with Crippen molar-refractivity contribution in [3.8, 4) is 22.6 Å². The Morgan fingerprint density at radius 1 is 1.07 bits per heavy atom. The van der Waals surface area contributed by atoms with E-state index in [4.69, 9.17) is 9.40 Å². The third-order valence-electron chi connectivity index (χ3n) is 4.36. The molecule has 3 rings (SSSR count). The first-order chi connectivity index (χ1) is 13.2. The maximum Gasteiger partial charge on any atom is 0.226 e. The van der Waals surface area contributed by atoms with E-state index >= 15 is 0 Å². The molecule has 0 radical (unpaired) electrons. The number of benzene rings is 2. The molecule has 27 heavy (non-hydrogen) atoms. The van der Waals surface area contributed by atoms with E-state index in [1.807, 2.05) is 79.7 Å². The van der Waals surface area contributed by atoms with E-state index in [-0.39, 0.29) is 11.8 Å². The van der Waals surface area contributed by atoms with Crippen molar-refractivity contribution in [2.24, 2.45) is 5.92 Å². The van der Waals surface area contributed by atoms with Crippen LogP contribution in [0, 0.1) is 5.92 Å². The second kappa shape index (κ2) is 8.99. The number of hydrogen-bond acceptors (Lipinski definition) is 3. The van der Waals surface area contributed by atoms with Crippen LogP contribution in [0.1, 0.15) is 19.2 Å². The number of nitrogens with one attached hydrogen (secondary N) is 1. The van der Waals surface area contributed by atoms with Crippen molar-refractivity contribution in [3.05, 3.63) is 78.7 Å². The highest BCUT2D eigenvalue weighted by Crippen LogP contribution is 2.32. The van der Waals surface area contributed by atoms with Crippen molar-refractivity contribution >= 4 is 5.91 Å². The van der Waals surface area contributed by atoms with Gasteiger partial charge in [-0.15, -0.1) is 0 Å². The molecule has 4 nitrogen and oxygen atoms in total. The molecule has 1 aromatic heterocycles. The van der Waals surface area contributed by atoms with Gasteiger partial charge in [0.25, 0.3) is 0 Å². The topological polar surface area (TPSA) is 55.1 Å². The summed E-state index contributed by atoms with van der Waals surface area (Å²) in [4.78, 5) is 16.3. The van der Waals surface area contributed by atoms with Gasteiger partial charge in [-0.3, -0.25) is 4.79 Å². The van der Waals surface area contributed by atoms with Gasteiger partial charge >= 0.3 is 0 Å². The van der Waals surface area contributed by atoms with Crippen LogP contribution >= 0.6 is 0 Å². The summed E-state index contributed by atoms with van der Waals surface area (Å²) in [5, 5.41) is 2.65. The van der Waals surface area contributed by atoms with Crippen molar-refractivity contribution in [3.63, 3.8) is 0 Å². The van der Waals surface area contributed by atoms with Gasteiger partial charge in [-0.25, -0.2) is 4.98 Å². The normalized spacial score (nSPS) is 12.2. The number of hydrogen-bond donors (Lipinski definition) is 1. The second-order valence-electron chi connectivity index (χ2n) is 6.39. The third kappa shape index (κ3) is 4.73. The van der Waals surface area contributed by atoms with Crippen molar-refractivity contribution in [2.45, 2.75) is 19.8 Å². The Morgan fingerprint density at radius 3 is 2.33 bits per heavy atom. The minimum atomic E-state index is -0.140. The van der Waals surface area contributed by atoms with Gasteiger partial charge in [0, 0.05) is 24.6 Å². The molecule has 0 bridgehead atoms. The van der Waals surface area contributed by atoms with Gasteiger partial charge in [-0.1, -0.05) is 79.7 Å². The smallest absolute Gasteiger partial charge is 0.226 e. The first-order valence-electron chi connectivity index (χ1n) is 9.18. The van der Waals surface area contributed by atoms with Crippen LogP contribution in [0.3, 0.4) is 0 Å². The summed E-state index contributed by atoms with van der Waals surface area (Å²) in [5.74, 6) is 1.36. The maximum absolute atomic E-state index is 11.5. The molecule has 4 heteroatoms. The Kier molecular flexibility index (Phi) is 6.21. The van der Waals surface area contributed by atoms with Crippen molar-refractivity contribution in [1.29, 1.82) is 0 Å². The summed E-state index contributed by atoms with van der Waals surface area (Å²) in [6, 6.07) is 20.1. The monoisotopic (exact) mass is 360 g/mol. The first kappa shape index (κ1) is 18.6. The second-order valence-corrected chi connectivity index (χ2v) is 6.39. The lowest BCUT2D eigenvalue weighted by Gasteiger charge is -2.02. The van der Waals surface area contributed by atoms with Crippen LogP contribution in [0.25, 0.3) is 22.6 Å². The van der Waals surface area contributed by atoms with E-state index in [0.717, 1.165) is 29.0 Å². The van der Waals surface area contributed by atoms with E-state index in [1.165, 1.54) is 0 Å². The first-order valence-corrected chi connectivity index (χ1v) is 9.18. The molecule has 0 spiro atoms. The summed E-state index contributed by atoms with van der Waals surface area (Å²) in [7, 11) is 1.65. The van der Waals surface area contributed by atoms with Gasteiger partial charge in [-0.2, -0.15) is 0 Å². The lowest BCUT2D eigenvalue weighted by atomic mass is 10.1. The minimum absolute atomic E-state index is 0.0140. The highest BCUT2D eigenvalue weighted by molar-refractivity contribution is 5.79. The molecule has 0 saturated heterocycles. The fourth-order valence-electron chi connectivity index (χ4n) is 2.87. The summed E-state index contributed by atoms with van der Waals surface area (Å²) < 4.78 is 6.11. The van der Waals surface area contributed by atoms with Crippen molar-refractivity contribution in [2.75, 3.05) is 7.05 Å². The standard InChI is InChI=1S/C23H24N2O2/c1-17(23(26)24-2)11-9-10-16-20-25-21(18-12-5-3-6-13-18)22(27-20)19-14-7-4-8-15-19/h3-9,11-15,17H,10,16H2,1-2H3,(H,24,26)/b11-9+. The SMILES string of the molecule is CNC(=O)C(C)/C=C/CCc1nc(-c2ccccc2)c(-c2ccccc2)o1. The highest BCUT2D eigenvalue weighted by Gasteiger charge is 2.16. The van der Waals surface area contributed by atoms with Crippen molar-refractivity contribution in [1.82, 2.24) is 10.3 Å². The summed E-state index contributed by atoms with van der Waals surface area (Å²) in [5.41, 5.74) is 2.91. The molecular weight excluding hydrogens is 336 g/mol. The molecule has 0 aliphatic rings. The largest absolute Gasteiger partial charge is 0.440 e. The van der Waals surface area contributed by atoms with Crippen LogP contribution < -0.4 is 5.32 Å². The molecule has 1 amide bonds. The molecular formula is C23H24N2O2. The van der Waals surface area contributed by atoms with Crippen LogP contribution in [-0.2, 0) is 11.2 Å². The van der Waals surface area contributed by atoms with Crippen LogP contribution in [0.2, 0.25) is 0 Å². The Morgan fingerprint density at radius 2 is 1.70 bits per heavy atom. The minimum Gasteiger partial charge on any atom is -0.440 e. The number of rotatable bonds is 7. The van der Waals surface area contributed by atoms with E-state index < -0.39 is 0 Å². The van der Waals surface area contributed by atoms with Gasteiger partial charge < -0.3 is 9.73 Å². The van der Waals surface area contributed by atoms with E-state index in [1.54, 1.807) is 7.05 Å². The van der Waals surface area contributed by atoms with E-state index in [9.17, 15) is 4.79 Å². The number of carbonyl (C=O) groups is 1. The van der Waals surface area contributed by atoms with Gasteiger partial charge in [0.15, 0.2) is 11.7 Å². The van der Waals surface area contributed by atoms with Crippen LogP contribution in [0.5, 0.6) is 0 Å². The predicted octanol–water partition coefficient (Wildman–Crippen LogP) is 4.88.